The number of aliphatic hydroxyl groups is 2. The van der Waals surface area contributed by atoms with Crippen molar-refractivity contribution < 1.29 is 14.9 Å². The van der Waals surface area contributed by atoms with E-state index >= 15 is 0 Å². The molecule has 7 nitrogen and oxygen atoms in total. The van der Waals surface area contributed by atoms with Gasteiger partial charge in [0.2, 0.25) is 0 Å². The molecule has 0 aromatic heterocycles. The molecule has 1 aromatic carbocycles. The Morgan fingerprint density at radius 3 is 2.90 bits per heavy atom. The minimum absolute atomic E-state index is 0.0422. The zero-order valence-corrected chi connectivity index (χ0v) is 18.5. The number of aryl methyl sites for hydroxylation is 1. The van der Waals surface area contributed by atoms with E-state index in [2.05, 4.69) is 41.5 Å². The van der Waals surface area contributed by atoms with E-state index in [1.165, 1.54) is 17.5 Å². The van der Waals surface area contributed by atoms with Crippen LogP contribution in [0.4, 0.5) is 0 Å². The monoisotopic (exact) mass is 426 g/mol. The molecule has 0 bridgehead atoms. The zero-order chi connectivity index (χ0) is 22.2. The summed E-state index contributed by atoms with van der Waals surface area (Å²) >= 11 is 0. The number of ether oxygens (including phenoxy) is 1. The number of nitrogens with zero attached hydrogens (tertiary/aromatic N) is 2. The number of allylic oxidation sites excluding steroid dienone is 1. The van der Waals surface area contributed by atoms with Crippen LogP contribution in [0.25, 0.3) is 0 Å². The Balaban J connectivity index is 1.61. The quantitative estimate of drug-likeness (QED) is 0.411. The predicted molar refractivity (Wildman–Crippen MR) is 121 cm³/mol. The van der Waals surface area contributed by atoms with Crippen LogP contribution in [0.5, 0.6) is 0 Å². The van der Waals surface area contributed by atoms with E-state index in [0.717, 1.165) is 24.8 Å². The summed E-state index contributed by atoms with van der Waals surface area (Å²) in [4.78, 5) is 6.27. The van der Waals surface area contributed by atoms with Crippen molar-refractivity contribution >= 4 is 6.34 Å². The largest absolute Gasteiger partial charge is 0.390 e. The van der Waals surface area contributed by atoms with Crippen LogP contribution in [0, 0.1) is 0 Å². The maximum Gasteiger partial charge on any atom is 0.166 e. The Morgan fingerprint density at radius 2 is 2.19 bits per heavy atom. The standard InChI is InChI=1S/C24H34N4O3/c1-4-20-21(29)24(3,30)23(31-20)28-13-7-10-17(22(28)26-14-25)15(2)27-19-12-11-16-8-5-6-9-18(16)19/h5-9,13-15,19-21,23,27,29-30H,4,10-12H2,1-3H3,(H2,25,26)/t15?,19?,20?,21-,23-,24-/m1/s1. The van der Waals surface area contributed by atoms with Crippen LogP contribution in [-0.4, -0.2) is 51.5 Å². The van der Waals surface area contributed by atoms with E-state index < -0.39 is 24.0 Å². The average molecular weight is 427 g/mol. The number of hydrogen-bond donors (Lipinski definition) is 4. The van der Waals surface area contributed by atoms with Gasteiger partial charge in [-0.2, -0.15) is 0 Å². The van der Waals surface area contributed by atoms with Gasteiger partial charge in [-0.05, 0) is 56.2 Å². The Morgan fingerprint density at radius 1 is 1.42 bits per heavy atom. The number of benzene rings is 1. The first-order valence-electron chi connectivity index (χ1n) is 11.2. The van der Waals surface area contributed by atoms with Crippen molar-refractivity contribution in [3.63, 3.8) is 0 Å². The fourth-order valence-electron chi connectivity index (χ4n) is 5.10. The Hall–Kier alpha value is -2.19. The highest BCUT2D eigenvalue weighted by Gasteiger charge is 2.54. The van der Waals surface area contributed by atoms with Crippen LogP contribution < -0.4 is 11.1 Å². The molecule has 1 aliphatic carbocycles. The van der Waals surface area contributed by atoms with Gasteiger partial charge in [0.15, 0.2) is 6.23 Å². The van der Waals surface area contributed by atoms with Gasteiger partial charge in [-0.3, -0.25) is 0 Å². The highest BCUT2D eigenvalue weighted by atomic mass is 16.6. The molecule has 3 unspecified atom stereocenters. The second kappa shape index (κ2) is 8.74. The Kier molecular flexibility index (Phi) is 6.21. The number of nitrogens with one attached hydrogen (secondary N) is 1. The number of aliphatic hydroxyl groups excluding tert-OH is 1. The normalized spacial score (nSPS) is 34.0. The fourth-order valence-corrected chi connectivity index (χ4v) is 5.10. The SMILES string of the molecule is CCC1O[C@@H](N2C=CCC(C(C)NC3CCc4ccccc43)=C2N=CN)[C@](C)(O)[C@@H]1O. The van der Waals surface area contributed by atoms with Crippen molar-refractivity contribution in [3.8, 4) is 0 Å². The predicted octanol–water partition coefficient (Wildman–Crippen LogP) is 2.32. The van der Waals surface area contributed by atoms with E-state index in [1.54, 1.807) is 6.92 Å². The third-order valence-corrected chi connectivity index (χ3v) is 6.85. The van der Waals surface area contributed by atoms with Gasteiger partial charge >= 0.3 is 0 Å². The molecular formula is C24H34N4O3. The van der Waals surface area contributed by atoms with Gasteiger partial charge in [-0.15, -0.1) is 0 Å². The molecule has 2 aliphatic heterocycles. The second-order valence-corrected chi connectivity index (χ2v) is 8.91. The topological polar surface area (TPSA) is 103 Å². The van der Waals surface area contributed by atoms with Gasteiger partial charge in [0.05, 0.1) is 12.4 Å². The van der Waals surface area contributed by atoms with Gasteiger partial charge < -0.3 is 30.9 Å². The summed E-state index contributed by atoms with van der Waals surface area (Å²) in [7, 11) is 0. The summed E-state index contributed by atoms with van der Waals surface area (Å²) in [6.45, 7) is 5.68. The zero-order valence-electron chi connectivity index (χ0n) is 18.5. The molecule has 4 rings (SSSR count). The summed E-state index contributed by atoms with van der Waals surface area (Å²) < 4.78 is 6.07. The molecular weight excluding hydrogens is 392 g/mol. The summed E-state index contributed by atoms with van der Waals surface area (Å²) in [6.07, 6.45) is 6.49. The highest BCUT2D eigenvalue weighted by Crippen LogP contribution is 2.39. The van der Waals surface area contributed by atoms with Crippen LogP contribution in [-0.2, 0) is 11.2 Å². The van der Waals surface area contributed by atoms with Crippen LogP contribution in [0.15, 0.2) is 52.9 Å². The number of fused-ring (bicyclic) bond motifs is 1. The van der Waals surface area contributed by atoms with E-state index in [0.29, 0.717) is 18.3 Å². The lowest BCUT2D eigenvalue weighted by atomic mass is 9.93. The van der Waals surface area contributed by atoms with Crippen molar-refractivity contribution in [2.24, 2.45) is 10.7 Å². The Bertz CT molecular complexity index is 895. The number of nitrogens with two attached hydrogens (primary N) is 1. The second-order valence-electron chi connectivity index (χ2n) is 8.91. The first-order valence-corrected chi connectivity index (χ1v) is 11.2. The first-order chi connectivity index (χ1) is 14.9. The maximum absolute atomic E-state index is 11.1. The van der Waals surface area contributed by atoms with Gasteiger partial charge in [-0.1, -0.05) is 37.3 Å². The smallest absolute Gasteiger partial charge is 0.166 e. The molecule has 6 atom stereocenters. The molecule has 1 saturated heterocycles. The minimum atomic E-state index is -1.44. The van der Waals surface area contributed by atoms with Gasteiger partial charge in [0, 0.05) is 18.3 Å². The van der Waals surface area contributed by atoms with E-state index in [9.17, 15) is 10.2 Å². The molecule has 2 heterocycles. The molecule has 0 radical (unpaired) electrons. The summed E-state index contributed by atoms with van der Waals surface area (Å²) in [6, 6.07) is 8.91. The van der Waals surface area contributed by atoms with Gasteiger partial charge in [0.25, 0.3) is 0 Å². The van der Waals surface area contributed by atoms with Crippen molar-refractivity contribution in [1.29, 1.82) is 0 Å². The molecule has 0 spiro atoms. The highest BCUT2D eigenvalue weighted by molar-refractivity contribution is 5.54. The van der Waals surface area contributed by atoms with Gasteiger partial charge in [-0.25, -0.2) is 4.99 Å². The Labute approximate surface area is 184 Å². The number of hydrogen-bond acceptors (Lipinski definition) is 6. The van der Waals surface area contributed by atoms with Crippen molar-refractivity contribution in [2.75, 3.05) is 0 Å². The molecule has 5 N–H and O–H groups in total. The van der Waals surface area contributed by atoms with E-state index in [-0.39, 0.29) is 6.04 Å². The van der Waals surface area contributed by atoms with E-state index in [4.69, 9.17) is 10.5 Å². The summed E-state index contributed by atoms with van der Waals surface area (Å²) in [5, 5.41) is 25.4. The molecule has 7 heteroatoms. The van der Waals surface area contributed by atoms with Crippen molar-refractivity contribution in [2.45, 2.75) is 82.6 Å². The average Bonchev–Trinajstić information content (AvgIpc) is 3.27. The van der Waals surface area contributed by atoms with Crippen molar-refractivity contribution in [3.05, 3.63) is 59.1 Å². The lowest BCUT2D eigenvalue weighted by Gasteiger charge is -2.38. The van der Waals surface area contributed by atoms with Crippen LogP contribution in [0.2, 0.25) is 0 Å². The molecule has 1 aromatic rings. The molecule has 168 valence electrons. The van der Waals surface area contributed by atoms with E-state index in [1.807, 2.05) is 24.1 Å². The minimum Gasteiger partial charge on any atom is -0.390 e. The molecule has 0 saturated carbocycles. The fraction of sp³-hybridized carbons (Fsp3) is 0.542. The molecule has 1 fully saturated rings. The van der Waals surface area contributed by atoms with Gasteiger partial charge in [0.1, 0.15) is 17.5 Å². The van der Waals surface area contributed by atoms with Crippen LogP contribution in [0.1, 0.15) is 57.2 Å². The summed E-state index contributed by atoms with van der Waals surface area (Å²) in [5.41, 5.74) is 8.10. The first kappa shape index (κ1) is 22.0. The third kappa shape index (κ3) is 3.91. The third-order valence-electron chi connectivity index (χ3n) is 6.85. The lowest BCUT2D eigenvalue weighted by Crippen LogP contribution is -2.52. The molecule has 31 heavy (non-hydrogen) atoms. The van der Waals surface area contributed by atoms with Crippen LogP contribution in [0.3, 0.4) is 0 Å². The van der Waals surface area contributed by atoms with Crippen molar-refractivity contribution in [1.82, 2.24) is 10.2 Å². The number of aliphatic imine (C=N–C) groups is 1. The summed E-state index contributed by atoms with van der Waals surface area (Å²) in [5.74, 6) is 0.658. The lowest BCUT2D eigenvalue weighted by molar-refractivity contribution is -0.110. The molecule has 3 aliphatic rings. The van der Waals surface area contributed by atoms with Crippen LogP contribution >= 0.6 is 0 Å². The number of rotatable bonds is 6. The molecule has 0 amide bonds. The maximum atomic E-state index is 11.1.